The van der Waals surface area contributed by atoms with Gasteiger partial charge in [-0.2, -0.15) is 0 Å². The lowest BCUT2D eigenvalue weighted by molar-refractivity contribution is -0.115. The second kappa shape index (κ2) is 6.13. The maximum Gasteiger partial charge on any atom is 0.247 e. The highest BCUT2D eigenvalue weighted by Gasteiger charge is 2.12. The Kier molecular flexibility index (Phi) is 3.86. The topological polar surface area (TPSA) is 80.9 Å². The molecule has 1 N–H and O–H groups in total. The fourth-order valence-electron chi connectivity index (χ4n) is 1.81. The standard InChI is InChI=1S/C15H11FN4O2/c16-11-1-3-12(4-2-11)18-13(21)9-14-19-20-15(22-14)10-5-7-17-8-6-10/h1-8H,9H2,(H,18,21). The molecule has 3 rings (SSSR count). The first-order chi connectivity index (χ1) is 10.7. The van der Waals surface area contributed by atoms with Crippen LogP contribution < -0.4 is 5.32 Å². The SMILES string of the molecule is O=C(Cc1nnc(-c2ccncc2)o1)Nc1ccc(F)cc1. The van der Waals surface area contributed by atoms with E-state index in [2.05, 4.69) is 20.5 Å². The predicted octanol–water partition coefficient (Wildman–Crippen LogP) is 2.45. The largest absolute Gasteiger partial charge is 0.420 e. The molecule has 2 heterocycles. The summed E-state index contributed by atoms with van der Waals surface area (Å²) >= 11 is 0. The van der Waals surface area contributed by atoms with Crippen LogP contribution in [0.3, 0.4) is 0 Å². The zero-order valence-corrected chi connectivity index (χ0v) is 11.4. The van der Waals surface area contributed by atoms with Crippen molar-refractivity contribution in [3.63, 3.8) is 0 Å². The Balaban J connectivity index is 1.65. The summed E-state index contributed by atoms with van der Waals surface area (Å²) in [6.45, 7) is 0. The summed E-state index contributed by atoms with van der Waals surface area (Å²) in [5.41, 5.74) is 1.23. The smallest absolute Gasteiger partial charge is 0.247 e. The van der Waals surface area contributed by atoms with Crippen LogP contribution in [-0.2, 0) is 11.2 Å². The molecule has 0 aliphatic rings. The molecule has 110 valence electrons. The second-order valence-electron chi connectivity index (χ2n) is 4.47. The molecule has 0 saturated heterocycles. The van der Waals surface area contributed by atoms with Crippen LogP contribution in [0.5, 0.6) is 0 Å². The van der Waals surface area contributed by atoms with E-state index in [0.29, 0.717) is 11.6 Å². The van der Waals surface area contributed by atoms with E-state index in [1.807, 2.05) is 0 Å². The number of anilines is 1. The van der Waals surface area contributed by atoms with Crippen LogP contribution in [0.4, 0.5) is 10.1 Å². The number of nitrogens with zero attached hydrogens (tertiary/aromatic N) is 3. The highest BCUT2D eigenvalue weighted by Crippen LogP contribution is 2.16. The molecule has 7 heteroatoms. The predicted molar refractivity (Wildman–Crippen MR) is 76.3 cm³/mol. The molecule has 22 heavy (non-hydrogen) atoms. The van der Waals surface area contributed by atoms with Crippen molar-refractivity contribution in [2.75, 3.05) is 5.32 Å². The monoisotopic (exact) mass is 298 g/mol. The van der Waals surface area contributed by atoms with E-state index >= 15 is 0 Å². The lowest BCUT2D eigenvalue weighted by Crippen LogP contribution is -2.14. The molecule has 0 saturated carbocycles. The van der Waals surface area contributed by atoms with Crippen molar-refractivity contribution in [3.05, 3.63) is 60.5 Å². The summed E-state index contributed by atoms with van der Waals surface area (Å²) in [4.78, 5) is 15.8. The molecule has 3 aromatic rings. The van der Waals surface area contributed by atoms with E-state index in [1.165, 1.54) is 24.3 Å². The Morgan fingerprint density at radius 2 is 1.82 bits per heavy atom. The quantitative estimate of drug-likeness (QED) is 0.800. The van der Waals surface area contributed by atoms with E-state index in [4.69, 9.17) is 4.42 Å². The highest BCUT2D eigenvalue weighted by atomic mass is 19.1. The van der Waals surface area contributed by atoms with Gasteiger partial charge in [-0.05, 0) is 36.4 Å². The minimum Gasteiger partial charge on any atom is -0.420 e. The molecular formula is C15H11FN4O2. The normalized spacial score (nSPS) is 10.4. The maximum atomic E-state index is 12.8. The Bertz CT molecular complexity index is 772. The Labute approximate surface area is 125 Å². The van der Waals surface area contributed by atoms with Crippen LogP contribution in [-0.4, -0.2) is 21.1 Å². The molecule has 0 aliphatic heterocycles. The fourth-order valence-corrected chi connectivity index (χ4v) is 1.81. The molecule has 6 nitrogen and oxygen atoms in total. The molecule has 0 unspecified atom stereocenters. The van der Waals surface area contributed by atoms with Gasteiger partial charge in [-0.1, -0.05) is 0 Å². The average Bonchev–Trinajstić information content (AvgIpc) is 2.99. The summed E-state index contributed by atoms with van der Waals surface area (Å²) in [5.74, 6) is -0.160. The molecule has 2 aromatic heterocycles. The van der Waals surface area contributed by atoms with E-state index < -0.39 is 0 Å². The minimum atomic E-state index is -0.364. The second-order valence-corrected chi connectivity index (χ2v) is 4.47. The third-order valence-electron chi connectivity index (χ3n) is 2.83. The van der Waals surface area contributed by atoms with E-state index in [9.17, 15) is 9.18 Å². The summed E-state index contributed by atoms with van der Waals surface area (Å²) < 4.78 is 18.2. The number of carbonyl (C=O) groups excluding carboxylic acids is 1. The van der Waals surface area contributed by atoms with Gasteiger partial charge in [0.2, 0.25) is 17.7 Å². The van der Waals surface area contributed by atoms with Crippen LogP contribution >= 0.6 is 0 Å². The number of nitrogens with one attached hydrogen (secondary N) is 1. The molecule has 1 amide bonds. The summed E-state index contributed by atoms with van der Waals surface area (Å²) in [6, 6.07) is 8.95. The van der Waals surface area contributed by atoms with Gasteiger partial charge in [0.1, 0.15) is 12.2 Å². The molecular weight excluding hydrogens is 287 g/mol. The number of rotatable bonds is 4. The maximum absolute atomic E-state index is 12.8. The zero-order valence-electron chi connectivity index (χ0n) is 11.4. The van der Waals surface area contributed by atoms with Crippen molar-refractivity contribution in [1.82, 2.24) is 15.2 Å². The van der Waals surface area contributed by atoms with Gasteiger partial charge >= 0.3 is 0 Å². The number of aromatic nitrogens is 3. The molecule has 1 aromatic carbocycles. The van der Waals surface area contributed by atoms with Gasteiger partial charge in [0, 0.05) is 23.6 Å². The summed E-state index contributed by atoms with van der Waals surface area (Å²) in [6.07, 6.45) is 3.16. The van der Waals surface area contributed by atoms with Crippen molar-refractivity contribution in [1.29, 1.82) is 0 Å². The zero-order chi connectivity index (χ0) is 15.4. The number of benzene rings is 1. The highest BCUT2D eigenvalue weighted by molar-refractivity contribution is 5.91. The van der Waals surface area contributed by atoms with Gasteiger partial charge in [0.15, 0.2) is 0 Å². The van der Waals surface area contributed by atoms with Gasteiger partial charge < -0.3 is 9.73 Å². The van der Waals surface area contributed by atoms with Crippen LogP contribution in [0.25, 0.3) is 11.5 Å². The third-order valence-corrected chi connectivity index (χ3v) is 2.83. The first-order valence-electron chi connectivity index (χ1n) is 6.49. The van der Waals surface area contributed by atoms with E-state index in [0.717, 1.165) is 5.56 Å². The van der Waals surface area contributed by atoms with Crippen molar-refractivity contribution in [2.45, 2.75) is 6.42 Å². The molecule has 0 spiro atoms. The van der Waals surface area contributed by atoms with E-state index in [1.54, 1.807) is 24.5 Å². The third kappa shape index (κ3) is 3.32. The van der Waals surface area contributed by atoms with Gasteiger partial charge in [-0.15, -0.1) is 10.2 Å². The number of halogens is 1. The van der Waals surface area contributed by atoms with Crippen LogP contribution in [0.1, 0.15) is 5.89 Å². The van der Waals surface area contributed by atoms with Gasteiger partial charge in [-0.3, -0.25) is 9.78 Å². The summed E-state index contributed by atoms with van der Waals surface area (Å²) in [5, 5.41) is 10.3. The number of amides is 1. The van der Waals surface area contributed by atoms with Crippen molar-refractivity contribution < 1.29 is 13.6 Å². The molecule has 0 atom stereocenters. The summed E-state index contributed by atoms with van der Waals surface area (Å²) in [7, 11) is 0. The Hall–Kier alpha value is -3.09. The van der Waals surface area contributed by atoms with Gasteiger partial charge in [0.05, 0.1) is 0 Å². The van der Waals surface area contributed by atoms with Crippen LogP contribution in [0.15, 0.2) is 53.2 Å². The number of carbonyl (C=O) groups is 1. The van der Waals surface area contributed by atoms with Crippen molar-refractivity contribution in [3.8, 4) is 11.5 Å². The molecule has 0 aliphatic carbocycles. The lowest BCUT2D eigenvalue weighted by Gasteiger charge is -2.02. The Morgan fingerprint density at radius 3 is 2.55 bits per heavy atom. The Morgan fingerprint density at radius 1 is 1.09 bits per heavy atom. The fraction of sp³-hybridized carbons (Fsp3) is 0.0667. The van der Waals surface area contributed by atoms with Crippen LogP contribution in [0, 0.1) is 5.82 Å². The lowest BCUT2D eigenvalue weighted by atomic mass is 10.3. The molecule has 0 bridgehead atoms. The van der Waals surface area contributed by atoms with E-state index in [-0.39, 0.29) is 24.0 Å². The average molecular weight is 298 g/mol. The van der Waals surface area contributed by atoms with Gasteiger partial charge in [-0.25, -0.2) is 4.39 Å². The first-order valence-corrected chi connectivity index (χ1v) is 6.49. The molecule has 0 fully saturated rings. The first kappa shape index (κ1) is 13.9. The van der Waals surface area contributed by atoms with Gasteiger partial charge in [0.25, 0.3) is 0 Å². The number of pyridine rings is 1. The number of hydrogen-bond donors (Lipinski definition) is 1. The minimum absolute atomic E-state index is 0.0601. The number of hydrogen-bond acceptors (Lipinski definition) is 5. The molecule has 0 radical (unpaired) electrons. The van der Waals surface area contributed by atoms with Crippen molar-refractivity contribution in [2.24, 2.45) is 0 Å². The van der Waals surface area contributed by atoms with Crippen LogP contribution in [0.2, 0.25) is 0 Å². The van der Waals surface area contributed by atoms with Crippen molar-refractivity contribution >= 4 is 11.6 Å².